The highest BCUT2D eigenvalue weighted by Crippen LogP contribution is 2.27. The Morgan fingerprint density at radius 3 is 3.06 bits per heavy atom. The molecule has 0 saturated carbocycles. The Morgan fingerprint density at radius 1 is 1.33 bits per heavy atom. The van der Waals surface area contributed by atoms with Crippen LogP contribution in [0.2, 0.25) is 0 Å². The molecule has 0 fully saturated rings. The van der Waals surface area contributed by atoms with Crippen molar-refractivity contribution in [2.45, 2.75) is 19.8 Å². The highest BCUT2D eigenvalue weighted by atomic mass is 32.1. The molecule has 0 spiro atoms. The Labute approximate surface area is 108 Å². The smallest absolute Gasteiger partial charge is 0.181 e. The van der Waals surface area contributed by atoms with E-state index in [4.69, 9.17) is 5.73 Å². The number of hydrogen-bond acceptors (Lipinski definition) is 5. The van der Waals surface area contributed by atoms with Gasteiger partial charge in [0.15, 0.2) is 11.0 Å². The minimum Gasteiger partial charge on any atom is -0.375 e. The van der Waals surface area contributed by atoms with Crippen LogP contribution in [0.15, 0.2) is 18.2 Å². The van der Waals surface area contributed by atoms with Gasteiger partial charge in [0.25, 0.3) is 0 Å². The summed E-state index contributed by atoms with van der Waals surface area (Å²) in [5.41, 5.74) is 7.61. The number of aromatic nitrogens is 4. The third kappa shape index (κ3) is 1.95. The Kier molecular flexibility index (Phi) is 2.71. The van der Waals surface area contributed by atoms with Gasteiger partial charge in [-0.25, -0.2) is 9.97 Å². The van der Waals surface area contributed by atoms with Crippen molar-refractivity contribution in [1.82, 2.24) is 20.2 Å². The SMILES string of the molecule is CCCc1nc(-c2ccc3nc(N)sc3c2)n[nH]1. The van der Waals surface area contributed by atoms with E-state index in [-0.39, 0.29) is 0 Å². The average Bonchev–Trinajstić information content (AvgIpc) is 2.93. The summed E-state index contributed by atoms with van der Waals surface area (Å²) in [5, 5.41) is 7.78. The van der Waals surface area contributed by atoms with Crippen LogP contribution in [0.25, 0.3) is 21.6 Å². The number of aryl methyl sites for hydroxylation is 1. The fraction of sp³-hybridized carbons (Fsp3) is 0.250. The topological polar surface area (TPSA) is 80.5 Å². The quantitative estimate of drug-likeness (QED) is 0.757. The molecule has 0 aliphatic heterocycles. The van der Waals surface area contributed by atoms with Crippen molar-refractivity contribution < 1.29 is 0 Å². The number of H-pyrrole nitrogens is 1. The molecule has 0 aliphatic carbocycles. The van der Waals surface area contributed by atoms with Crippen LogP contribution >= 0.6 is 11.3 Å². The van der Waals surface area contributed by atoms with E-state index in [1.807, 2.05) is 18.2 Å². The molecule has 2 heterocycles. The normalized spacial score (nSPS) is 11.2. The molecule has 3 rings (SSSR count). The summed E-state index contributed by atoms with van der Waals surface area (Å²) in [5.74, 6) is 1.66. The zero-order chi connectivity index (χ0) is 12.5. The van der Waals surface area contributed by atoms with Gasteiger partial charge in [0.2, 0.25) is 0 Å². The summed E-state index contributed by atoms with van der Waals surface area (Å²) in [6, 6.07) is 5.95. The van der Waals surface area contributed by atoms with Crippen LogP contribution in [0.4, 0.5) is 5.13 Å². The molecule has 3 aromatic rings. The van der Waals surface area contributed by atoms with Gasteiger partial charge in [-0.2, -0.15) is 5.10 Å². The lowest BCUT2D eigenvalue weighted by atomic mass is 10.2. The Balaban J connectivity index is 2.01. The maximum Gasteiger partial charge on any atom is 0.181 e. The van der Waals surface area contributed by atoms with Gasteiger partial charge in [0.1, 0.15) is 5.82 Å². The molecular formula is C12H13N5S. The van der Waals surface area contributed by atoms with Gasteiger partial charge < -0.3 is 5.73 Å². The van der Waals surface area contributed by atoms with E-state index < -0.39 is 0 Å². The van der Waals surface area contributed by atoms with Gasteiger partial charge in [-0.15, -0.1) is 0 Å². The highest BCUT2D eigenvalue weighted by molar-refractivity contribution is 7.22. The number of benzene rings is 1. The average molecular weight is 259 g/mol. The number of nitrogens with one attached hydrogen (secondary N) is 1. The molecule has 0 unspecified atom stereocenters. The van der Waals surface area contributed by atoms with Crippen molar-refractivity contribution in [2.75, 3.05) is 5.73 Å². The van der Waals surface area contributed by atoms with Crippen molar-refractivity contribution in [3.63, 3.8) is 0 Å². The van der Waals surface area contributed by atoms with Crippen LogP contribution in [0, 0.1) is 0 Å². The van der Waals surface area contributed by atoms with Crippen LogP contribution in [-0.2, 0) is 6.42 Å². The predicted octanol–water partition coefficient (Wildman–Crippen LogP) is 2.62. The van der Waals surface area contributed by atoms with Crippen molar-refractivity contribution >= 4 is 26.7 Å². The number of fused-ring (bicyclic) bond motifs is 1. The number of anilines is 1. The van der Waals surface area contributed by atoms with Gasteiger partial charge in [0.05, 0.1) is 10.2 Å². The maximum atomic E-state index is 5.69. The number of thiazole rings is 1. The summed E-state index contributed by atoms with van der Waals surface area (Å²) in [6.07, 6.45) is 1.97. The third-order valence-corrected chi connectivity index (χ3v) is 3.53. The first kappa shape index (κ1) is 11.2. The highest BCUT2D eigenvalue weighted by Gasteiger charge is 2.08. The van der Waals surface area contributed by atoms with Crippen molar-refractivity contribution in [1.29, 1.82) is 0 Å². The second-order valence-corrected chi connectivity index (χ2v) is 5.15. The zero-order valence-electron chi connectivity index (χ0n) is 9.97. The molecule has 0 radical (unpaired) electrons. The van der Waals surface area contributed by atoms with Gasteiger partial charge in [-0.1, -0.05) is 18.3 Å². The summed E-state index contributed by atoms with van der Waals surface area (Å²) in [4.78, 5) is 8.70. The zero-order valence-corrected chi connectivity index (χ0v) is 10.8. The molecule has 0 amide bonds. The van der Waals surface area contributed by atoms with Gasteiger partial charge >= 0.3 is 0 Å². The third-order valence-electron chi connectivity index (χ3n) is 2.68. The fourth-order valence-electron chi connectivity index (χ4n) is 1.85. The first-order valence-electron chi connectivity index (χ1n) is 5.84. The van der Waals surface area contributed by atoms with Crippen molar-refractivity contribution in [3.05, 3.63) is 24.0 Å². The molecule has 3 N–H and O–H groups in total. The summed E-state index contributed by atoms with van der Waals surface area (Å²) < 4.78 is 1.06. The molecule has 0 aliphatic rings. The first-order chi connectivity index (χ1) is 8.76. The van der Waals surface area contributed by atoms with Crippen LogP contribution < -0.4 is 5.73 Å². The molecule has 18 heavy (non-hydrogen) atoms. The molecule has 5 nitrogen and oxygen atoms in total. The second kappa shape index (κ2) is 4.38. The molecular weight excluding hydrogens is 246 g/mol. The lowest BCUT2D eigenvalue weighted by molar-refractivity contribution is 0.841. The molecule has 0 saturated heterocycles. The standard InChI is InChI=1S/C12H13N5S/c1-2-3-10-15-11(17-16-10)7-4-5-8-9(6-7)18-12(13)14-8/h4-6H,2-3H2,1H3,(H2,13,14)(H,15,16,17). The Bertz CT molecular complexity index is 685. The van der Waals surface area contributed by atoms with E-state index in [2.05, 4.69) is 27.1 Å². The maximum absolute atomic E-state index is 5.69. The molecule has 0 bridgehead atoms. The molecule has 0 atom stereocenters. The van der Waals surface area contributed by atoms with E-state index in [0.29, 0.717) is 5.13 Å². The van der Waals surface area contributed by atoms with E-state index in [9.17, 15) is 0 Å². The van der Waals surface area contributed by atoms with E-state index in [1.54, 1.807) is 0 Å². The number of rotatable bonds is 3. The largest absolute Gasteiger partial charge is 0.375 e. The van der Waals surface area contributed by atoms with Crippen molar-refractivity contribution in [3.8, 4) is 11.4 Å². The van der Waals surface area contributed by atoms with Gasteiger partial charge in [-0.3, -0.25) is 5.10 Å². The summed E-state index contributed by atoms with van der Waals surface area (Å²) in [6.45, 7) is 2.12. The Morgan fingerprint density at radius 2 is 2.22 bits per heavy atom. The number of nitrogens with zero attached hydrogens (tertiary/aromatic N) is 3. The first-order valence-corrected chi connectivity index (χ1v) is 6.65. The van der Waals surface area contributed by atoms with E-state index >= 15 is 0 Å². The molecule has 6 heteroatoms. The van der Waals surface area contributed by atoms with Gasteiger partial charge in [0, 0.05) is 12.0 Å². The lowest BCUT2D eigenvalue weighted by Gasteiger charge is -1.94. The second-order valence-electron chi connectivity index (χ2n) is 4.09. The van der Waals surface area contributed by atoms with Crippen molar-refractivity contribution in [2.24, 2.45) is 0 Å². The summed E-state index contributed by atoms with van der Waals surface area (Å²) >= 11 is 1.48. The molecule has 1 aromatic carbocycles. The van der Waals surface area contributed by atoms with Crippen LogP contribution in [0.1, 0.15) is 19.2 Å². The van der Waals surface area contributed by atoms with Crippen LogP contribution in [-0.4, -0.2) is 20.2 Å². The monoisotopic (exact) mass is 259 g/mol. The Hall–Kier alpha value is -1.95. The van der Waals surface area contributed by atoms with Crippen LogP contribution in [0.3, 0.4) is 0 Å². The van der Waals surface area contributed by atoms with Crippen LogP contribution in [0.5, 0.6) is 0 Å². The predicted molar refractivity (Wildman–Crippen MR) is 73.4 cm³/mol. The number of hydrogen-bond donors (Lipinski definition) is 2. The molecule has 2 aromatic heterocycles. The van der Waals surface area contributed by atoms with E-state index in [0.717, 1.165) is 40.3 Å². The number of aromatic amines is 1. The van der Waals surface area contributed by atoms with Gasteiger partial charge in [-0.05, 0) is 24.6 Å². The minimum absolute atomic E-state index is 0.587. The number of nitrogen functional groups attached to an aromatic ring is 1. The number of nitrogens with two attached hydrogens (primary N) is 1. The lowest BCUT2D eigenvalue weighted by Crippen LogP contribution is -1.85. The summed E-state index contributed by atoms with van der Waals surface area (Å²) in [7, 11) is 0. The minimum atomic E-state index is 0.587. The fourth-order valence-corrected chi connectivity index (χ4v) is 2.63. The molecule has 92 valence electrons. The van der Waals surface area contributed by atoms with E-state index in [1.165, 1.54) is 11.3 Å².